The molecule has 0 fully saturated rings. The molecule has 2 N–H and O–H groups in total. The lowest BCUT2D eigenvalue weighted by Gasteiger charge is -2.08. The molecule has 16 heavy (non-hydrogen) atoms. The molecule has 0 unspecified atom stereocenters. The predicted octanol–water partition coefficient (Wildman–Crippen LogP) is 2.90. The number of halogens is 1. The third-order valence-electron chi connectivity index (χ3n) is 2.11. The zero-order chi connectivity index (χ0) is 11.5. The Hall–Kier alpha value is -2.10. The maximum Gasteiger partial charge on any atom is 0.148 e. The number of rotatable bonds is 2. The van der Waals surface area contributed by atoms with Crippen molar-refractivity contribution in [3.63, 3.8) is 0 Å². The van der Waals surface area contributed by atoms with Crippen LogP contribution in [-0.2, 0) is 0 Å². The lowest BCUT2D eigenvalue weighted by atomic mass is 10.2. The maximum atomic E-state index is 12.9. The molecule has 3 nitrogen and oxygen atoms in total. The lowest BCUT2D eigenvalue weighted by molar-refractivity contribution is 0.470. The Labute approximate surface area is 92.7 Å². The van der Waals surface area contributed by atoms with E-state index in [0.29, 0.717) is 17.2 Å². The molecular formula is C12H11FN2O. The molecule has 82 valence electrons. The van der Waals surface area contributed by atoms with Crippen molar-refractivity contribution in [1.82, 2.24) is 4.98 Å². The summed E-state index contributed by atoms with van der Waals surface area (Å²) < 4.78 is 18.4. The highest BCUT2D eigenvalue weighted by atomic mass is 19.1. The molecule has 0 radical (unpaired) electrons. The van der Waals surface area contributed by atoms with E-state index in [1.807, 2.05) is 6.92 Å². The zero-order valence-corrected chi connectivity index (χ0v) is 8.77. The highest BCUT2D eigenvalue weighted by Crippen LogP contribution is 2.26. The minimum atomic E-state index is -0.425. The van der Waals surface area contributed by atoms with Gasteiger partial charge in [-0.15, -0.1) is 0 Å². The van der Waals surface area contributed by atoms with Gasteiger partial charge in [0.05, 0.1) is 12.4 Å². The van der Waals surface area contributed by atoms with E-state index >= 15 is 0 Å². The first-order chi connectivity index (χ1) is 7.65. The van der Waals surface area contributed by atoms with Crippen LogP contribution in [0.1, 0.15) is 5.56 Å². The number of pyridine rings is 1. The van der Waals surface area contributed by atoms with Gasteiger partial charge in [-0.25, -0.2) is 4.39 Å². The van der Waals surface area contributed by atoms with Gasteiger partial charge < -0.3 is 10.5 Å². The average Bonchev–Trinajstić information content (AvgIpc) is 2.22. The second-order valence-corrected chi connectivity index (χ2v) is 3.47. The number of anilines is 1. The normalized spacial score (nSPS) is 10.1. The molecule has 0 saturated heterocycles. The summed E-state index contributed by atoms with van der Waals surface area (Å²) in [4.78, 5) is 3.70. The van der Waals surface area contributed by atoms with Gasteiger partial charge in [0.2, 0.25) is 0 Å². The number of hydrogen-bond acceptors (Lipinski definition) is 3. The van der Waals surface area contributed by atoms with Gasteiger partial charge in [-0.3, -0.25) is 4.98 Å². The fourth-order valence-corrected chi connectivity index (χ4v) is 1.36. The predicted molar refractivity (Wildman–Crippen MR) is 59.9 cm³/mol. The summed E-state index contributed by atoms with van der Waals surface area (Å²) in [6.45, 7) is 1.87. The van der Waals surface area contributed by atoms with Gasteiger partial charge in [0.1, 0.15) is 17.3 Å². The summed E-state index contributed by atoms with van der Waals surface area (Å²) >= 11 is 0. The molecule has 0 aliphatic heterocycles. The molecule has 0 saturated carbocycles. The smallest absolute Gasteiger partial charge is 0.148 e. The van der Waals surface area contributed by atoms with Crippen LogP contribution in [0.3, 0.4) is 0 Å². The van der Waals surface area contributed by atoms with Crippen LogP contribution in [0.4, 0.5) is 10.1 Å². The molecule has 2 aromatic rings. The van der Waals surface area contributed by atoms with Crippen molar-refractivity contribution in [1.29, 1.82) is 0 Å². The fourth-order valence-electron chi connectivity index (χ4n) is 1.36. The van der Waals surface area contributed by atoms with E-state index in [1.54, 1.807) is 18.2 Å². The van der Waals surface area contributed by atoms with Crippen molar-refractivity contribution < 1.29 is 9.13 Å². The minimum Gasteiger partial charge on any atom is -0.455 e. The number of benzene rings is 1. The zero-order valence-electron chi connectivity index (χ0n) is 8.77. The fraction of sp³-hybridized carbons (Fsp3) is 0.0833. The number of ether oxygens (including phenoxy) is 1. The van der Waals surface area contributed by atoms with Crippen LogP contribution >= 0.6 is 0 Å². The molecule has 1 aromatic heterocycles. The number of nitrogen functional groups attached to an aromatic ring is 1. The van der Waals surface area contributed by atoms with Crippen molar-refractivity contribution in [3.05, 3.63) is 48.0 Å². The van der Waals surface area contributed by atoms with Crippen molar-refractivity contribution >= 4 is 5.69 Å². The molecule has 0 bridgehead atoms. The van der Waals surface area contributed by atoms with E-state index in [-0.39, 0.29) is 0 Å². The van der Waals surface area contributed by atoms with Gasteiger partial charge in [0, 0.05) is 11.8 Å². The average molecular weight is 218 g/mol. The third-order valence-corrected chi connectivity index (χ3v) is 2.11. The number of aryl methyl sites for hydroxylation is 1. The summed E-state index contributed by atoms with van der Waals surface area (Å²) in [5, 5.41) is 0. The lowest BCUT2D eigenvalue weighted by Crippen LogP contribution is -1.91. The first kappa shape index (κ1) is 10.4. The topological polar surface area (TPSA) is 48.1 Å². The summed E-state index contributed by atoms with van der Waals surface area (Å²) in [6, 6.07) is 6.55. The van der Waals surface area contributed by atoms with E-state index in [9.17, 15) is 4.39 Å². The van der Waals surface area contributed by atoms with Crippen molar-refractivity contribution in [2.75, 3.05) is 5.73 Å². The first-order valence-corrected chi connectivity index (χ1v) is 4.80. The second kappa shape index (κ2) is 4.18. The van der Waals surface area contributed by atoms with Crippen LogP contribution in [0.5, 0.6) is 11.5 Å². The number of nitrogens with two attached hydrogens (primary N) is 1. The number of nitrogens with zero attached hydrogens (tertiary/aromatic N) is 1. The monoisotopic (exact) mass is 218 g/mol. The Balaban J connectivity index is 2.27. The van der Waals surface area contributed by atoms with Crippen LogP contribution in [0.25, 0.3) is 0 Å². The standard InChI is InChI=1S/C12H11FN2O/c1-8-4-10(14)2-3-12(8)16-11-5-9(13)6-15-7-11/h2-7H,14H2,1H3. The summed E-state index contributed by atoms with van der Waals surface area (Å²) in [5.41, 5.74) is 7.18. The van der Waals surface area contributed by atoms with E-state index in [4.69, 9.17) is 10.5 Å². The molecule has 4 heteroatoms. The van der Waals surface area contributed by atoms with Crippen molar-refractivity contribution in [2.45, 2.75) is 6.92 Å². The summed E-state index contributed by atoms with van der Waals surface area (Å²) in [7, 11) is 0. The minimum absolute atomic E-state index is 0.368. The van der Waals surface area contributed by atoms with Crippen molar-refractivity contribution in [3.8, 4) is 11.5 Å². The molecule has 0 aliphatic carbocycles. The Morgan fingerprint density at radius 3 is 2.75 bits per heavy atom. The van der Waals surface area contributed by atoms with Crippen molar-refractivity contribution in [2.24, 2.45) is 0 Å². The Morgan fingerprint density at radius 1 is 1.25 bits per heavy atom. The van der Waals surface area contributed by atoms with E-state index in [0.717, 1.165) is 11.8 Å². The van der Waals surface area contributed by atoms with Gasteiger partial charge in [0.15, 0.2) is 0 Å². The van der Waals surface area contributed by atoms with E-state index < -0.39 is 5.82 Å². The van der Waals surface area contributed by atoms with E-state index in [2.05, 4.69) is 4.98 Å². The Bertz CT molecular complexity index is 514. The quantitative estimate of drug-likeness (QED) is 0.788. The second-order valence-electron chi connectivity index (χ2n) is 3.47. The molecule has 1 heterocycles. The van der Waals surface area contributed by atoms with Crippen LogP contribution in [-0.4, -0.2) is 4.98 Å². The first-order valence-electron chi connectivity index (χ1n) is 4.80. The highest BCUT2D eigenvalue weighted by molar-refractivity contribution is 5.48. The van der Waals surface area contributed by atoms with Gasteiger partial charge in [-0.05, 0) is 30.7 Å². The van der Waals surface area contributed by atoms with Gasteiger partial charge in [-0.2, -0.15) is 0 Å². The molecule has 0 atom stereocenters. The van der Waals surface area contributed by atoms with Gasteiger partial charge >= 0.3 is 0 Å². The van der Waals surface area contributed by atoms with Gasteiger partial charge in [0.25, 0.3) is 0 Å². The van der Waals surface area contributed by atoms with Crippen LogP contribution in [0.2, 0.25) is 0 Å². The Morgan fingerprint density at radius 2 is 2.06 bits per heavy atom. The molecular weight excluding hydrogens is 207 g/mol. The highest BCUT2D eigenvalue weighted by Gasteiger charge is 2.03. The maximum absolute atomic E-state index is 12.9. The number of aromatic nitrogens is 1. The molecule has 0 amide bonds. The van der Waals surface area contributed by atoms with Crippen LogP contribution < -0.4 is 10.5 Å². The van der Waals surface area contributed by atoms with E-state index in [1.165, 1.54) is 12.3 Å². The largest absolute Gasteiger partial charge is 0.455 e. The molecule has 0 aliphatic rings. The Kier molecular flexibility index (Phi) is 2.72. The molecule has 2 rings (SSSR count). The number of hydrogen-bond donors (Lipinski definition) is 1. The van der Waals surface area contributed by atoms with Crippen LogP contribution in [0, 0.1) is 12.7 Å². The SMILES string of the molecule is Cc1cc(N)ccc1Oc1cncc(F)c1. The van der Waals surface area contributed by atoms with Crippen LogP contribution in [0.15, 0.2) is 36.7 Å². The summed E-state index contributed by atoms with van der Waals surface area (Å²) in [6.07, 6.45) is 2.58. The van der Waals surface area contributed by atoms with Gasteiger partial charge in [-0.1, -0.05) is 0 Å². The molecule has 0 spiro atoms. The third kappa shape index (κ3) is 2.28. The summed E-state index contributed by atoms with van der Waals surface area (Å²) in [5.74, 6) is 0.583. The molecule has 1 aromatic carbocycles.